The number of rotatable bonds is 5. The molecule has 0 atom stereocenters. The number of anilines is 1. The van der Waals surface area contributed by atoms with Crippen LogP contribution in [-0.2, 0) is 16.4 Å². The predicted molar refractivity (Wildman–Crippen MR) is 69.7 cm³/mol. The van der Waals surface area contributed by atoms with Gasteiger partial charge in [0, 0.05) is 11.6 Å². The van der Waals surface area contributed by atoms with Crippen molar-refractivity contribution in [3.8, 4) is 0 Å². The SMILES string of the molecule is CCc1cn[nH]c1NS(=O)(=O)c1ccc([N+](=O)[O-])nc1. The van der Waals surface area contributed by atoms with Gasteiger partial charge in [-0.05, 0) is 22.4 Å². The Balaban J connectivity index is 2.28. The van der Waals surface area contributed by atoms with Gasteiger partial charge in [0.15, 0.2) is 6.20 Å². The van der Waals surface area contributed by atoms with Gasteiger partial charge in [0.1, 0.15) is 10.7 Å². The fraction of sp³-hybridized carbons (Fsp3) is 0.200. The quantitative estimate of drug-likeness (QED) is 0.627. The van der Waals surface area contributed by atoms with Crippen molar-refractivity contribution in [2.45, 2.75) is 18.2 Å². The van der Waals surface area contributed by atoms with Gasteiger partial charge >= 0.3 is 5.82 Å². The van der Waals surface area contributed by atoms with Crippen molar-refractivity contribution in [3.05, 3.63) is 40.2 Å². The van der Waals surface area contributed by atoms with Gasteiger partial charge in [0.25, 0.3) is 10.0 Å². The maximum atomic E-state index is 12.1. The van der Waals surface area contributed by atoms with Gasteiger partial charge in [-0.3, -0.25) is 9.82 Å². The largest absolute Gasteiger partial charge is 0.363 e. The number of aromatic nitrogens is 3. The Morgan fingerprint density at radius 3 is 2.70 bits per heavy atom. The van der Waals surface area contributed by atoms with Gasteiger partial charge in [-0.25, -0.2) is 8.42 Å². The number of pyridine rings is 1. The van der Waals surface area contributed by atoms with Crippen LogP contribution < -0.4 is 4.72 Å². The molecule has 0 aliphatic heterocycles. The summed E-state index contributed by atoms with van der Waals surface area (Å²) in [6.45, 7) is 1.86. The Morgan fingerprint density at radius 2 is 2.15 bits per heavy atom. The van der Waals surface area contributed by atoms with E-state index in [9.17, 15) is 18.5 Å². The highest BCUT2D eigenvalue weighted by Crippen LogP contribution is 2.18. The first-order valence-corrected chi connectivity index (χ1v) is 7.08. The third-order valence-electron chi connectivity index (χ3n) is 2.55. The van der Waals surface area contributed by atoms with Crippen LogP contribution in [0.4, 0.5) is 11.6 Å². The van der Waals surface area contributed by atoms with Crippen molar-refractivity contribution in [1.82, 2.24) is 15.2 Å². The Hall–Kier alpha value is -2.49. The minimum absolute atomic E-state index is 0.167. The van der Waals surface area contributed by atoms with Gasteiger partial charge in [-0.1, -0.05) is 6.92 Å². The molecule has 0 spiro atoms. The summed E-state index contributed by atoms with van der Waals surface area (Å²) in [4.78, 5) is 13.1. The van der Waals surface area contributed by atoms with Crippen molar-refractivity contribution in [1.29, 1.82) is 0 Å². The summed E-state index contributed by atoms with van der Waals surface area (Å²) in [5.74, 6) is -0.148. The van der Waals surface area contributed by atoms with E-state index in [4.69, 9.17) is 0 Å². The number of hydrogen-bond donors (Lipinski definition) is 2. The highest BCUT2D eigenvalue weighted by molar-refractivity contribution is 7.92. The molecule has 0 fully saturated rings. The van der Waals surface area contributed by atoms with Crippen LogP contribution >= 0.6 is 0 Å². The molecular weight excluding hydrogens is 286 g/mol. The van der Waals surface area contributed by atoms with Gasteiger partial charge in [-0.2, -0.15) is 5.10 Å². The number of nitrogens with one attached hydrogen (secondary N) is 2. The van der Waals surface area contributed by atoms with Crippen molar-refractivity contribution in [3.63, 3.8) is 0 Å². The summed E-state index contributed by atoms with van der Waals surface area (Å²) in [5.41, 5.74) is 0.712. The zero-order chi connectivity index (χ0) is 14.8. The number of aromatic amines is 1. The third-order valence-corrected chi connectivity index (χ3v) is 3.89. The van der Waals surface area contributed by atoms with E-state index in [1.165, 1.54) is 6.20 Å². The molecule has 0 aliphatic carbocycles. The van der Waals surface area contributed by atoms with Crippen LogP contribution in [0.5, 0.6) is 0 Å². The maximum absolute atomic E-state index is 12.1. The number of nitro groups is 1. The van der Waals surface area contributed by atoms with Crippen molar-refractivity contribution in [2.75, 3.05) is 4.72 Å². The van der Waals surface area contributed by atoms with Crippen LogP contribution in [0.25, 0.3) is 0 Å². The summed E-state index contributed by atoms with van der Waals surface area (Å²) >= 11 is 0. The third kappa shape index (κ3) is 2.74. The molecule has 9 nitrogen and oxygen atoms in total. The monoisotopic (exact) mass is 297 g/mol. The predicted octanol–water partition coefficient (Wildman–Crippen LogP) is 1.08. The summed E-state index contributed by atoms with van der Waals surface area (Å²) < 4.78 is 26.5. The molecule has 2 aromatic heterocycles. The van der Waals surface area contributed by atoms with E-state index in [-0.39, 0.29) is 10.7 Å². The Kier molecular flexibility index (Phi) is 3.66. The Morgan fingerprint density at radius 1 is 1.40 bits per heavy atom. The lowest BCUT2D eigenvalue weighted by Crippen LogP contribution is -2.14. The molecule has 2 N–H and O–H groups in total. The van der Waals surface area contributed by atoms with Crippen LogP contribution in [0.1, 0.15) is 12.5 Å². The Labute approximate surface area is 114 Å². The van der Waals surface area contributed by atoms with Crippen LogP contribution in [0, 0.1) is 10.1 Å². The fourth-order valence-corrected chi connectivity index (χ4v) is 2.50. The molecule has 2 heterocycles. The lowest BCUT2D eigenvalue weighted by atomic mass is 10.3. The smallest absolute Gasteiger partial charge is 0.358 e. The molecule has 10 heteroatoms. The molecule has 0 unspecified atom stereocenters. The van der Waals surface area contributed by atoms with E-state index in [0.717, 1.165) is 18.3 Å². The minimum atomic E-state index is -3.86. The highest BCUT2D eigenvalue weighted by Gasteiger charge is 2.20. The van der Waals surface area contributed by atoms with E-state index in [1.807, 2.05) is 6.92 Å². The van der Waals surface area contributed by atoms with Crippen LogP contribution in [0.2, 0.25) is 0 Å². The molecule has 0 bridgehead atoms. The molecule has 0 aromatic carbocycles. The Bertz CT molecular complexity index is 722. The average Bonchev–Trinajstić information content (AvgIpc) is 2.85. The number of hydrogen-bond acceptors (Lipinski definition) is 6. The van der Waals surface area contributed by atoms with Crippen molar-refractivity contribution < 1.29 is 13.3 Å². The molecule has 0 saturated carbocycles. The van der Waals surface area contributed by atoms with Crippen molar-refractivity contribution in [2.24, 2.45) is 0 Å². The summed E-state index contributed by atoms with van der Waals surface area (Å²) in [6, 6.07) is 2.15. The van der Waals surface area contributed by atoms with Gasteiger partial charge in [0.05, 0.1) is 6.20 Å². The van der Waals surface area contributed by atoms with Gasteiger partial charge < -0.3 is 10.1 Å². The molecule has 0 amide bonds. The number of sulfonamides is 1. The van der Waals surface area contributed by atoms with Gasteiger partial charge in [-0.15, -0.1) is 0 Å². The van der Waals surface area contributed by atoms with Crippen LogP contribution in [-0.4, -0.2) is 28.5 Å². The lowest BCUT2D eigenvalue weighted by Gasteiger charge is -2.06. The van der Waals surface area contributed by atoms with E-state index in [2.05, 4.69) is 19.9 Å². The van der Waals surface area contributed by atoms with Crippen molar-refractivity contribution >= 4 is 21.7 Å². The molecule has 20 heavy (non-hydrogen) atoms. The first kappa shape index (κ1) is 13.9. The summed E-state index contributed by atoms with van der Waals surface area (Å²) in [5, 5.41) is 16.8. The summed E-state index contributed by atoms with van der Waals surface area (Å²) in [6.07, 6.45) is 3.06. The van der Waals surface area contributed by atoms with E-state index >= 15 is 0 Å². The number of nitrogens with zero attached hydrogens (tertiary/aromatic N) is 3. The maximum Gasteiger partial charge on any atom is 0.363 e. The molecule has 106 valence electrons. The zero-order valence-corrected chi connectivity index (χ0v) is 11.2. The van der Waals surface area contributed by atoms with E-state index in [1.54, 1.807) is 0 Å². The molecule has 2 rings (SSSR count). The summed E-state index contributed by atoms with van der Waals surface area (Å²) in [7, 11) is -3.86. The molecule has 2 aromatic rings. The second kappa shape index (κ2) is 5.25. The first-order valence-electron chi connectivity index (χ1n) is 5.59. The van der Waals surface area contributed by atoms with E-state index in [0.29, 0.717) is 12.0 Å². The van der Waals surface area contributed by atoms with Crippen LogP contribution in [0.3, 0.4) is 0 Å². The average molecular weight is 297 g/mol. The normalized spacial score (nSPS) is 11.2. The second-order valence-corrected chi connectivity index (χ2v) is 5.52. The number of H-pyrrole nitrogens is 1. The first-order chi connectivity index (χ1) is 9.44. The fourth-order valence-electron chi connectivity index (χ4n) is 1.50. The lowest BCUT2D eigenvalue weighted by molar-refractivity contribution is -0.389. The van der Waals surface area contributed by atoms with Gasteiger partial charge in [0.2, 0.25) is 0 Å². The topological polar surface area (TPSA) is 131 Å². The van der Waals surface area contributed by atoms with Crippen LogP contribution in [0.15, 0.2) is 29.4 Å². The highest BCUT2D eigenvalue weighted by atomic mass is 32.2. The van der Waals surface area contributed by atoms with E-state index < -0.39 is 20.8 Å². The molecule has 0 saturated heterocycles. The zero-order valence-electron chi connectivity index (χ0n) is 10.4. The minimum Gasteiger partial charge on any atom is -0.358 e. The second-order valence-electron chi connectivity index (χ2n) is 3.84. The standard InChI is InChI=1S/C10H11N5O4S/c1-2-7-5-12-13-10(7)14-20(18,19)8-3-4-9(11-6-8)15(16)17/h3-6H,2H2,1H3,(H2,12,13,14). The molecule has 0 aliphatic rings. The number of aryl methyl sites for hydroxylation is 1. The molecular formula is C10H11N5O4S. The molecule has 0 radical (unpaired) electrons.